The molecule has 1 unspecified atom stereocenters. The molecule has 35 heavy (non-hydrogen) atoms. The van der Waals surface area contributed by atoms with Crippen LogP contribution in [0.3, 0.4) is 0 Å². The monoisotopic (exact) mass is 476 g/mol. The van der Waals surface area contributed by atoms with E-state index in [9.17, 15) is 14.4 Å². The van der Waals surface area contributed by atoms with Gasteiger partial charge in [0.1, 0.15) is 5.75 Å². The molecule has 3 amide bonds. The van der Waals surface area contributed by atoms with Crippen LogP contribution in [0.2, 0.25) is 0 Å². The molecule has 0 N–H and O–H groups in total. The molecule has 184 valence electrons. The lowest BCUT2D eigenvalue weighted by Crippen LogP contribution is -2.38. The van der Waals surface area contributed by atoms with Gasteiger partial charge in [0.2, 0.25) is 0 Å². The topological polar surface area (TPSA) is 76.2 Å². The molecule has 0 radical (unpaired) electrons. The van der Waals surface area contributed by atoms with E-state index in [1.54, 1.807) is 25.3 Å². The van der Waals surface area contributed by atoms with Crippen LogP contribution in [0.1, 0.15) is 68.7 Å². The van der Waals surface area contributed by atoms with Gasteiger partial charge in [-0.05, 0) is 80.3 Å². The van der Waals surface area contributed by atoms with Crippen molar-refractivity contribution in [2.45, 2.75) is 44.6 Å². The summed E-state index contributed by atoms with van der Waals surface area (Å²) in [6, 6.07) is 13.1. The molecule has 2 fully saturated rings. The molecule has 0 spiro atoms. The van der Waals surface area contributed by atoms with Gasteiger partial charge in [0.25, 0.3) is 17.7 Å². The quantitative estimate of drug-likeness (QED) is 0.566. The summed E-state index contributed by atoms with van der Waals surface area (Å²) < 4.78 is 10.8. The van der Waals surface area contributed by atoms with Crippen molar-refractivity contribution >= 4 is 17.7 Å². The molecule has 2 saturated heterocycles. The Bertz CT molecular complexity index is 1100. The van der Waals surface area contributed by atoms with Crippen molar-refractivity contribution in [2.75, 3.05) is 33.4 Å². The van der Waals surface area contributed by atoms with Gasteiger partial charge < -0.3 is 14.4 Å². The molecular formula is C28H32N2O5. The van der Waals surface area contributed by atoms with Gasteiger partial charge in [-0.1, -0.05) is 12.1 Å². The van der Waals surface area contributed by atoms with Gasteiger partial charge in [-0.25, -0.2) is 0 Å². The zero-order valence-corrected chi connectivity index (χ0v) is 20.2. The molecule has 3 heterocycles. The van der Waals surface area contributed by atoms with E-state index < -0.39 is 0 Å². The van der Waals surface area contributed by atoms with E-state index in [2.05, 4.69) is 12.1 Å². The van der Waals surface area contributed by atoms with Crippen molar-refractivity contribution in [3.63, 3.8) is 0 Å². The smallest absolute Gasteiger partial charge is 0.261 e. The van der Waals surface area contributed by atoms with E-state index in [-0.39, 0.29) is 30.4 Å². The highest BCUT2D eigenvalue weighted by Gasteiger charge is 2.38. The number of carbonyl (C=O) groups excluding carboxylic acids is 3. The van der Waals surface area contributed by atoms with E-state index >= 15 is 0 Å². The van der Waals surface area contributed by atoms with Crippen LogP contribution in [0.5, 0.6) is 5.75 Å². The molecule has 2 aromatic rings. The Hall–Kier alpha value is -3.19. The Labute approximate surface area is 206 Å². The summed E-state index contributed by atoms with van der Waals surface area (Å²) in [5.41, 5.74) is 2.48. The van der Waals surface area contributed by atoms with Crippen LogP contribution in [-0.2, 0) is 11.2 Å². The molecule has 3 aliphatic rings. The van der Waals surface area contributed by atoms with E-state index in [1.807, 2.05) is 17.0 Å². The maximum atomic E-state index is 13.2. The Balaban J connectivity index is 1.16. The Kier molecular flexibility index (Phi) is 6.86. The van der Waals surface area contributed by atoms with Crippen molar-refractivity contribution in [1.29, 1.82) is 0 Å². The summed E-state index contributed by atoms with van der Waals surface area (Å²) >= 11 is 0. The standard InChI is InChI=1S/C28H32N2O5/c1-34-22-9-6-19(7-10-22)4-5-20-12-14-29(15-13-20)26(31)21-8-11-24-25(17-21)28(33)30(27(24)32)18-23-3-2-16-35-23/h6-11,17,20,23H,2-5,12-16,18H2,1H3. The van der Waals surface area contributed by atoms with Crippen LogP contribution in [0.25, 0.3) is 0 Å². The first-order valence-corrected chi connectivity index (χ1v) is 12.6. The summed E-state index contributed by atoms with van der Waals surface area (Å²) in [6.45, 7) is 2.37. The lowest BCUT2D eigenvalue weighted by molar-refractivity contribution is 0.0475. The maximum Gasteiger partial charge on any atom is 0.261 e. The first-order valence-electron chi connectivity index (χ1n) is 12.6. The van der Waals surface area contributed by atoms with Gasteiger partial charge in [-0.3, -0.25) is 19.3 Å². The average molecular weight is 477 g/mol. The third-order valence-corrected chi connectivity index (χ3v) is 7.53. The third-order valence-electron chi connectivity index (χ3n) is 7.53. The Morgan fingerprint density at radius 3 is 2.43 bits per heavy atom. The number of aryl methyl sites for hydroxylation is 1. The lowest BCUT2D eigenvalue weighted by atomic mass is 9.90. The highest BCUT2D eigenvalue weighted by Crippen LogP contribution is 2.28. The number of amides is 3. The van der Waals surface area contributed by atoms with Crippen molar-refractivity contribution in [1.82, 2.24) is 9.80 Å². The van der Waals surface area contributed by atoms with Gasteiger partial charge in [0.15, 0.2) is 0 Å². The Morgan fingerprint density at radius 2 is 1.74 bits per heavy atom. The summed E-state index contributed by atoms with van der Waals surface area (Å²) in [5.74, 6) is 0.768. The number of nitrogens with zero attached hydrogens (tertiary/aromatic N) is 2. The normalized spacial score (nSPS) is 20.4. The number of imide groups is 1. The second kappa shape index (κ2) is 10.2. The molecular weight excluding hydrogens is 444 g/mol. The van der Waals surface area contributed by atoms with Crippen LogP contribution in [0, 0.1) is 5.92 Å². The molecule has 5 rings (SSSR count). The van der Waals surface area contributed by atoms with Gasteiger partial charge in [-0.2, -0.15) is 0 Å². The van der Waals surface area contributed by atoms with Gasteiger partial charge in [-0.15, -0.1) is 0 Å². The van der Waals surface area contributed by atoms with E-state index in [1.165, 1.54) is 10.5 Å². The summed E-state index contributed by atoms with van der Waals surface area (Å²) in [5, 5.41) is 0. The maximum absolute atomic E-state index is 13.2. The fourth-order valence-corrected chi connectivity index (χ4v) is 5.35. The van der Waals surface area contributed by atoms with Crippen LogP contribution in [0.15, 0.2) is 42.5 Å². The third kappa shape index (κ3) is 4.96. The predicted molar refractivity (Wildman–Crippen MR) is 131 cm³/mol. The molecule has 7 heteroatoms. The fraction of sp³-hybridized carbons (Fsp3) is 0.464. The van der Waals surface area contributed by atoms with Crippen molar-refractivity contribution in [2.24, 2.45) is 5.92 Å². The Morgan fingerprint density at radius 1 is 1.00 bits per heavy atom. The SMILES string of the molecule is COc1ccc(CCC2CCN(C(=O)c3ccc4c(c3)C(=O)N(CC3CCCO3)C4=O)CC2)cc1. The number of methoxy groups -OCH3 is 1. The zero-order valence-electron chi connectivity index (χ0n) is 20.2. The van der Waals surface area contributed by atoms with E-state index in [0.29, 0.717) is 42.3 Å². The first-order chi connectivity index (χ1) is 17.0. The number of likely N-dealkylation sites (tertiary alicyclic amines) is 1. The number of rotatable bonds is 7. The highest BCUT2D eigenvalue weighted by molar-refractivity contribution is 6.22. The van der Waals surface area contributed by atoms with E-state index in [0.717, 1.165) is 44.3 Å². The van der Waals surface area contributed by atoms with Crippen LogP contribution < -0.4 is 4.74 Å². The number of ether oxygens (including phenoxy) is 2. The number of hydrogen-bond donors (Lipinski definition) is 0. The fourth-order valence-electron chi connectivity index (χ4n) is 5.35. The molecule has 0 aliphatic carbocycles. The van der Waals surface area contributed by atoms with Crippen LogP contribution in [0.4, 0.5) is 0 Å². The summed E-state index contributed by atoms with van der Waals surface area (Å²) in [4.78, 5) is 42.0. The lowest BCUT2D eigenvalue weighted by Gasteiger charge is -2.32. The molecule has 3 aliphatic heterocycles. The highest BCUT2D eigenvalue weighted by atomic mass is 16.5. The minimum Gasteiger partial charge on any atom is -0.497 e. The van der Waals surface area contributed by atoms with Crippen LogP contribution >= 0.6 is 0 Å². The van der Waals surface area contributed by atoms with Crippen molar-refractivity contribution in [3.05, 3.63) is 64.7 Å². The zero-order chi connectivity index (χ0) is 24.4. The van der Waals surface area contributed by atoms with Gasteiger partial charge in [0, 0.05) is 25.3 Å². The average Bonchev–Trinajstić information content (AvgIpc) is 3.50. The van der Waals surface area contributed by atoms with Crippen LogP contribution in [-0.4, -0.2) is 67.0 Å². The minimum absolute atomic E-state index is 0.0702. The van der Waals surface area contributed by atoms with Gasteiger partial charge >= 0.3 is 0 Å². The number of fused-ring (bicyclic) bond motifs is 1. The first kappa shape index (κ1) is 23.5. The minimum atomic E-state index is -0.326. The number of benzene rings is 2. The molecule has 1 atom stereocenters. The van der Waals surface area contributed by atoms with E-state index in [4.69, 9.17) is 9.47 Å². The molecule has 0 bridgehead atoms. The molecule has 7 nitrogen and oxygen atoms in total. The summed E-state index contributed by atoms with van der Waals surface area (Å²) in [7, 11) is 1.67. The second-order valence-electron chi connectivity index (χ2n) is 9.74. The predicted octanol–water partition coefficient (Wildman–Crippen LogP) is 3.96. The molecule has 0 saturated carbocycles. The second-order valence-corrected chi connectivity index (χ2v) is 9.74. The van der Waals surface area contributed by atoms with Crippen molar-refractivity contribution < 1.29 is 23.9 Å². The molecule has 2 aromatic carbocycles. The largest absolute Gasteiger partial charge is 0.497 e. The van der Waals surface area contributed by atoms with Crippen molar-refractivity contribution in [3.8, 4) is 5.75 Å². The molecule has 0 aromatic heterocycles. The van der Waals surface area contributed by atoms with Gasteiger partial charge in [0.05, 0.1) is 30.9 Å². The number of hydrogen-bond acceptors (Lipinski definition) is 5. The number of carbonyl (C=O) groups is 3. The number of piperidine rings is 1. The summed E-state index contributed by atoms with van der Waals surface area (Å²) in [6.07, 6.45) is 5.77.